The van der Waals surface area contributed by atoms with Gasteiger partial charge in [-0.3, -0.25) is 9.59 Å². The molecule has 7 heteroatoms. The van der Waals surface area contributed by atoms with Crippen LogP contribution < -0.4 is 5.11 Å². The van der Waals surface area contributed by atoms with Gasteiger partial charge >= 0.3 is 0 Å². The number of likely N-dealkylation sites (tertiary alicyclic amines) is 1. The minimum atomic E-state index is -1.21. The number of hydrogen-bond donors (Lipinski definition) is 0. The van der Waals surface area contributed by atoms with Crippen molar-refractivity contribution in [3.05, 3.63) is 35.4 Å². The van der Waals surface area contributed by atoms with Crippen molar-refractivity contribution in [2.75, 3.05) is 12.3 Å². The highest BCUT2D eigenvalue weighted by molar-refractivity contribution is 7.99. The van der Waals surface area contributed by atoms with Crippen molar-refractivity contribution < 1.29 is 19.5 Å². The monoisotopic (exact) mass is 331 g/mol. The Morgan fingerprint density at radius 3 is 2.78 bits per heavy atom. The van der Waals surface area contributed by atoms with Crippen molar-refractivity contribution in [2.45, 2.75) is 30.3 Å². The average molecular weight is 331 g/mol. The molecule has 0 N–H and O–H groups in total. The van der Waals surface area contributed by atoms with Crippen LogP contribution in [-0.2, 0) is 9.59 Å². The van der Waals surface area contributed by atoms with Gasteiger partial charge in [0.1, 0.15) is 11.4 Å². The lowest BCUT2D eigenvalue weighted by molar-refractivity contribution is -0.310. The molecule has 0 spiro atoms. The first kappa shape index (κ1) is 14.6. The molecule has 0 aromatic heterocycles. The number of carboxylic acid groups (broad SMARTS) is 1. The smallest absolute Gasteiger partial charge is 0.256 e. The zero-order valence-electron chi connectivity index (χ0n) is 12.3. The standard InChI is InChI=1S/C16H16N2O4S/c19-13-9-4-1-2-5-10(9)15-18(13)12(8-23-15)14(20)17-7-3-6-11(17)16(21)22/h1-2,4-5,11-12,15H,3,6-8H2,(H,21,22)/p-1/t11-,12-,15+/m0/s1. The number of nitrogens with zero attached hydrogens (tertiary/aromatic N) is 2. The van der Waals surface area contributed by atoms with Crippen LogP contribution in [0, 0.1) is 0 Å². The molecule has 3 aliphatic heterocycles. The molecule has 0 unspecified atom stereocenters. The van der Waals surface area contributed by atoms with Crippen molar-refractivity contribution in [2.24, 2.45) is 0 Å². The van der Waals surface area contributed by atoms with E-state index in [1.807, 2.05) is 18.2 Å². The number of aliphatic carboxylic acids is 1. The van der Waals surface area contributed by atoms with Crippen LogP contribution in [0.2, 0.25) is 0 Å². The summed E-state index contributed by atoms with van der Waals surface area (Å²) in [6.45, 7) is 0.415. The first-order valence-corrected chi connectivity index (χ1v) is 8.69. The highest BCUT2D eigenvalue weighted by atomic mass is 32.2. The van der Waals surface area contributed by atoms with Gasteiger partial charge in [-0.1, -0.05) is 18.2 Å². The zero-order chi connectivity index (χ0) is 16.1. The number of carbonyl (C=O) groups excluding carboxylic acids is 3. The number of rotatable bonds is 2. The Morgan fingerprint density at radius 2 is 2.00 bits per heavy atom. The molecule has 1 aromatic rings. The Bertz CT molecular complexity index is 707. The van der Waals surface area contributed by atoms with Crippen LogP contribution in [0.4, 0.5) is 0 Å². The number of hydrogen-bond acceptors (Lipinski definition) is 5. The summed E-state index contributed by atoms with van der Waals surface area (Å²) in [4.78, 5) is 39.7. The fourth-order valence-corrected chi connectivity index (χ4v) is 5.15. The molecule has 23 heavy (non-hydrogen) atoms. The molecule has 2 amide bonds. The van der Waals surface area contributed by atoms with Gasteiger partial charge in [0.05, 0.1) is 12.0 Å². The van der Waals surface area contributed by atoms with Gasteiger partial charge in [0.25, 0.3) is 5.91 Å². The molecule has 3 aliphatic rings. The maximum atomic E-state index is 12.8. The quantitative estimate of drug-likeness (QED) is 0.762. The van der Waals surface area contributed by atoms with E-state index < -0.39 is 18.1 Å². The van der Waals surface area contributed by atoms with E-state index >= 15 is 0 Å². The summed E-state index contributed by atoms with van der Waals surface area (Å²) in [7, 11) is 0. The van der Waals surface area contributed by atoms with Gasteiger partial charge < -0.3 is 19.7 Å². The third-order valence-electron chi connectivity index (χ3n) is 4.79. The third kappa shape index (κ3) is 2.06. The van der Waals surface area contributed by atoms with Crippen LogP contribution in [0.5, 0.6) is 0 Å². The number of thioether (sulfide) groups is 1. The average Bonchev–Trinajstić information content (AvgIpc) is 3.24. The summed E-state index contributed by atoms with van der Waals surface area (Å²) < 4.78 is 0. The molecule has 2 saturated heterocycles. The van der Waals surface area contributed by atoms with Crippen LogP contribution in [0.25, 0.3) is 0 Å². The van der Waals surface area contributed by atoms with Crippen molar-refractivity contribution >= 4 is 29.5 Å². The molecule has 0 aliphatic carbocycles. The minimum absolute atomic E-state index is 0.141. The topological polar surface area (TPSA) is 80.7 Å². The summed E-state index contributed by atoms with van der Waals surface area (Å²) in [5, 5.41) is 11.1. The predicted molar refractivity (Wildman–Crippen MR) is 81.3 cm³/mol. The second-order valence-corrected chi connectivity index (χ2v) is 7.12. The van der Waals surface area contributed by atoms with Crippen LogP contribution in [0.3, 0.4) is 0 Å². The fourth-order valence-electron chi connectivity index (χ4n) is 3.70. The molecule has 120 valence electrons. The molecular formula is C16H15N2O4S-. The van der Waals surface area contributed by atoms with Crippen LogP contribution in [-0.4, -0.2) is 52.0 Å². The Labute approximate surface area is 137 Å². The van der Waals surface area contributed by atoms with Crippen molar-refractivity contribution in [1.82, 2.24) is 9.80 Å². The first-order valence-electron chi connectivity index (χ1n) is 7.64. The highest BCUT2D eigenvalue weighted by Crippen LogP contribution is 2.48. The van der Waals surface area contributed by atoms with E-state index in [0.717, 1.165) is 5.56 Å². The molecular weight excluding hydrogens is 316 g/mol. The summed E-state index contributed by atoms with van der Waals surface area (Å²) in [6, 6.07) is 5.93. The van der Waals surface area contributed by atoms with Gasteiger partial charge in [0, 0.05) is 17.9 Å². The van der Waals surface area contributed by atoms with Crippen molar-refractivity contribution in [3.63, 3.8) is 0 Å². The molecule has 1 aromatic carbocycles. The maximum Gasteiger partial charge on any atom is 0.256 e. The number of benzene rings is 1. The van der Waals surface area contributed by atoms with Crippen molar-refractivity contribution in [1.29, 1.82) is 0 Å². The van der Waals surface area contributed by atoms with Gasteiger partial charge in [0.15, 0.2) is 0 Å². The third-order valence-corrected chi connectivity index (χ3v) is 6.09. The first-order chi connectivity index (χ1) is 11.1. The second-order valence-electron chi connectivity index (χ2n) is 6.01. The molecule has 0 saturated carbocycles. The fraction of sp³-hybridized carbons (Fsp3) is 0.438. The lowest BCUT2D eigenvalue weighted by Gasteiger charge is -2.31. The van der Waals surface area contributed by atoms with Crippen molar-refractivity contribution in [3.8, 4) is 0 Å². The summed E-state index contributed by atoms with van der Waals surface area (Å²) in [5.74, 6) is -1.13. The molecule has 0 bridgehead atoms. The van der Waals surface area contributed by atoms with E-state index in [0.29, 0.717) is 30.7 Å². The molecule has 0 radical (unpaired) electrons. The van der Waals surface area contributed by atoms with E-state index in [2.05, 4.69) is 0 Å². The van der Waals surface area contributed by atoms with E-state index in [1.54, 1.807) is 22.7 Å². The van der Waals surface area contributed by atoms with Crippen LogP contribution >= 0.6 is 11.8 Å². The summed E-state index contributed by atoms with van der Waals surface area (Å²) in [5.41, 5.74) is 1.58. The lowest BCUT2D eigenvalue weighted by Crippen LogP contribution is -2.53. The van der Waals surface area contributed by atoms with Gasteiger partial charge in [-0.2, -0.15) is 0 Å². The molecule has 4 rings (SSSR count). The maximum absolute atomic E-state index is 12.8. The molecule has 3 atom stereocenters. The SMILES string of the molecule is O=C([O-])[C@@H]1CCCN1C(=O)[C@@H]1CS[C@@H]2c3ccccc3C(=O)N21. The Morgan fingerprint density at radius 1 is 1.22 bits per heavy atom. The van der Waals surface area contributed by atoms with E-state index in [4.69, 9.17) is 0 Å². The summed E-state index contributed by atoms with van der Waals surface area (Å²) >= 11 is 1.56. The highest BCUT2D eigenvalue weighted by Gasteiger charge is 2.50. The Balaban J connectivity index is 1.62. The van der Waals surface area contributed by atoms with Gasteiger partial charge in [0.2, 0.25) is 5.91 Å². The summed E-state index contributed by atoms with van der Waals surface area (Å²) in [6.07, 6.45) is 1.08. The largest absolute Gasteiger partial charge is 0.548 e. The number of fused-ring (bicyclic) bond motifs is 3. The van der Waals surface area contributed by atoms with E-state index in [9.17, 15) is 19.5 Å². The Kier molecular flexibility index (Phi) is 3.33. The van der Waals surface area contributed by atoms with Gasteiger partial charge in [-0.05, 0) is 24.5 Å². The number of carboxylic acids is 1. The van der Waals surface area contributed by atoms with Crippen LogP contribution in [0.1, 0.15) is 34.1 Å². The molecule has 6 nitrogen and oxygen atoms in total. The lowest BCUT2D eigenvalue weighted by atomic mass is 10.1. The second kappa shape index (κ2) is 5.26. The van der Waals surface area contributed by atoms with E-state index in [1.165, 1.54) is 4.90 Å². The number of amides is 2. The minimum Gasteiger partial charge on any atom is -0.548 e. The Hall–Kier alpha value is -2.02. The van der Waals surface area contributed by atoms with E-state index in [-0.39, 0.29) is 17.2 Å². The normalized spacial score (nSPS) is 28.9. The van der Waals surface area contributed by atoms with Gasteiger partial charge in [-0.15, -0.1) is 11.8 Å². The predicted octanol–water partition coefficient (Wildman–Crippen LogP) is -0.00270. The number of carbonyl (C=O) groups is 3. The zero-order valence-corrected chi connectivity index (χ0v) is 13.1. The molecule has 3 heterocycles. The molecule has 2 fully saturated rings. The van der Waals surface area contributed by atoms with Crippen LogP contribution in [0.15, 0.2) is 24.3 Å². The van der Waals surface area contributed by atoms with Gasteiger partial charge in [-0.25, -0.2) is 0 Å².